The molecule has 178 valence electrons. The highest BCUT2D eigenvalue weighted by Crippen LogP contribution is 2.26. The minimum atomic E-state index is -3.58. The predicted molar refractivity (Wildman–Crippen MR) is 131 cm³/mol. The Morgan fingerprint density at radius 1 is 0.941 bits per heavy atom. The Hall–Kier alpha value is -3.13. The number of hydrogen-bond donors (Lipinski definition) is 2. The van der Waals surface area contributed by atoms with Crippen LogP contribution in [0, 0.1) is 0 Å². The maximum absolute atomic E-state index is 12.4. The number of anilines is 2. The van der Waals surface area contributed by atoms with Crippen molar-refractivity contribution < 1.29 is 22.8 Å². The van der Waals surface area contributed by atoms with E-state index < -0.39 is 15.9 Å². The summed E-state index contributed by atoms with van der Waals surface area (Å²) in [6.45, 7) is 1.47. The number of aromatic nitrogens is 2. The van der Waals surface area contributed by atoms with Gasteiger partial charge in [-0.25, -0.2) is 12.7 Å². The van der Waals surface area contributed by atoms with Crippen LogP contribution in [-0.4, -0.2) is 60.4 Å². The van der Waals surface area contributed by atoms with Gasteiger partial charge in [0, 0.05) is 30.9 Å². The van der Waals surface area contributed by atoms with Crippen molar-refractivity contribution in [2.24, 2.45) is 0 Å². The molecule has 1 heterocycles. The van der Waals surface area contributed by atoms with E-state index in [0.717, 1.165) is 27.4 Å². The Morgan fingerprint density at radius 2 is 1.56 bits per heavy atom. The molecule has 0 saturated heterocycles. The second-order valence-corrected chi connectivity index (χ2v) is 11.5. The minimum Gasteiger partial charge on any atom is -0.325 e. The van der Waals surface area contributed by atoms with Gasteiger partial charge in [-0.2, -0.15) is 0 Å². The van der Waals surface area contributed by atoms with E-state index in [2.05, 4.69) is 20.8 Å². The van der Waals surface area contributed by atoms with Gasteiger partial charge in [0.05, 0.1) is 10.6 Å². The molecule has 2 N–H and O–H groups in total. The quantitative estimate of drug-likeness (QED) is 0.250. The third-order valence-corrected chi connectivity index (χ3v) is 8.23. The summed E-state index contributed by atoms with van der Waals surface area (Å²) in [5.74, 6) is -0.692. The molecule has 1 aromatic heterocycles. The van der Waals surface area contributed by atoms with E-state index >= 15 is 0 Å². The molecule has 0 unspecified atom stereocenters. The molecule has 10 nitrogen and oxygen atoms in total. The van der Waals surface area contributed by atoms with Crippen molar-refractivity contribution in [1.29, 1.82) is 0 Å². The summed E-state index contributed by atoms with van der Waals surface area (Å²) >= 11 is 2.27. The predicted octanol–water partition coefficient (Wildman–Crippen LogP) is 2.97. The Bertz CT molecular complexity index is 1300. The van der Waals surface area contributed by atoms with Crippen LogP contribution in [0.3, 0.4) is 0 Å². The fraction of sp³-hybridized carbons (Fsp3) is 0.190. The topological polar surface area (TPSA) is 138 Å². The number of nitrogens with zero attached hydrogens (tertiary/aromatic N) is 3. The molecule has 3 rings (SSSR count). The fourth-order valence-electron chi connectivity index (χ4n) is 2.59. The molecular formula is C21H21N5O5S3. The molecule has 3 aromatic rings. The molecule has 0 bridgehead atoms. The van der Waals surface area contributed by atoms with Crippen LogP contribution < -0.4 is 10.6 Å². The number of hydrogen-bond acceptors (Lipinski definition) is 9. The van der Waals surface area contributed by atoms with Gasteiger partial charge in [-0.3, -0.25) is 19.7 Å². The van der Waals surface area contributed by atoms with Crippen molar-refractivity contribution in [3.05, 3.63) is 59.7 Å². The highest BCUT2D eigenvalue weighted by atomic mass is 32.2. The first-order valence-electron chi connectivity index (χ1n) is 9.77. The van der Waals surface area contributed by atoms with Gasteiger partial charge < -0.3 is 5.32 Å². The zero-order chi connectivity index (χ0) is 24.9. The van der Waals surface area contributed by atoms with Gasteiger partial charge in [-0.1, -0.05) is 23.1 Å². The van der Waals surface area contributed by atoms with E-state index in [1.54, 1.807) is 24.3 Å². The summed E-state index contributed by atoms with van der Waals surface area (Å²) in [4.78, 5) is 36.0. The van der Waals surface area contributed by atoms with Gasteiger partial charge in [-0.05, 0) is 55.5 Å². The maximum Gasteiger partial charge on any atom is 0.257 e. The Kier molecular flexibility index (Phi) is 8.15. The standard InChI is InChI=1S/C21H21N5O5S3/c1-13(27)14-4-8-16(9-5-14)22-18(28)12-32-21-25-24-20(33-21)23-19(29)15-6-10-17(11-7-15)34(30,31)26(2)3/h4-11H,12H2,1-3H3,(H,22,28)(H,23,24,29). The Labute approximate surface area is 204 Å². The van der Waals surface area contributed by atoms with Gasteiger partial charge >= 0.3 is 0 Å². The van der Waals surface area contributed by atoms with Gasteiger partial charge in [0.25, 0.3) is 5.91 Å². The van der Waals surface area contributed by atoms with Gasteiger partial charge in [0.2, 0.25) is 21.1 Å². The van der Waals surface area contributed by atoms with Crippen molar-refractivity contribution in [2.45, 2.75) is 16.2 Å². The summed E-state index contributed by atoms with van der Waals surface area (Å²) in [6.07, 6.45) is 0. The molecule has 0 radical (unpaired) electrons. The minimum absolute atomic E-state index is 0.0538. The van der Waals surface area contributed by atoms with Crippen LogP contribution in [0.5, 0.6) is 0 Å². The first kappa shape index (κ1) is 25.5. The third-order valence-electron chi connectivity index (χ3n) is 4.42. The average Bonchev–Trinajstić information content (AvgIpc) is 3.25. The largest absolute Gasteiger partial charge is 0.325 e. The molecular weight excluding hydrogens is 498 g/mol. The lowest BCUT2D eigenvalue weighted by Crippen LogP contribution is -2.22. The second-order valence-electron chi connectivity index (χ2n) is 7.11. The Balaban J connectivity index is 1.52. The van der Waals surface area contributed by atoms with Crippen molar-refractivity contribution in [3.63, 3.8) is 0 Å². The molecule has 2 amide bonds. The number of amides is 2. The number of nitrogens with one attached hydrogen (secondary N) is 2. The Morgan fingerprint density at radius 3 is 2.15 bits per heavy atom. The van der Waals surface area contributed by atoms with Crippen LogP contribution in [-0.2, 0) is 14.8 Å². The van der Waals surface area contributed by atoms with Crippen LogP contribution in [0.1, 0.15) is 27.6 Å². The van der Waals surface area contributed by atoms with Crippen LogP contribution in [0.15, 0.2) is 57.8 Å². The van der Waals surface area contributed by atoms with Crippen molar-refractivity contribution in [3.8, 4) is 0 Å². The lowest BCUT2D eigenvalue weighted by atomic mass is 10.1. The van der Waals surface area contributed by atoms with Gasteiger partial charge in [0.15, 0.2) is 10.1 Å². The molecule has 13 heteroatoms. The van der Waals surface area contributed by atoms with Gasteiger partial charge in [0.1, 0.15) is 0 Å². The zero-order valence-corrected chi connectivity index (χ0v) is 20.9. The number of ketones is 1. The highest BCUT2D eigenvalue weighted by molar-refractivity contribution is 8.01. The van der Waals surface area contributed by atoms with Gasteiger partial charge in [-0.15, -0.1) is 10.2 Å². The van der Waals surface area contributed by atoms with E-state index in [1.807, 2.05) is 0 Å². The smallest absolute Gasteiger partial charge is 0.257 e. The lowest BCUT2D eigenvalue weighted by molar-refractivity contribution is -0.113. The highest BCUT2D eigenvalue weighted by Gasteiger charge is 2.18. The summed E-state index contributed by atoms with van der Waals surface area (Å²) in [6, 6.07) is 12.1. The van der Waals surface area contributed by atoms with Crippen LogP contribution in [0.25, 0.3) is 0 Å². The molecule has 0 aliphatic heterocycles. The van der Waals surface area contributed by atoms with E-state index in [0.29, 0.717) is 15.6 Å². The molecule has 0 aliphatic rings. The van der Waals surface area contributed by atoms with E-state index in [-0.39, 0.29) is 33.0 Å². The van der Waals surface area contributed by atoms with E-state index in [9.17, 15) is 22.8 Å². The van der Waals surface area contributed by atoms with Crippen molar-refractivity contribution in [1.82, 2.24) is 14.5 Å². The number of rotatable bonds is 9. The maximum atomic E-state index is 12.4. The number of benzene rings is 2. The first-order chi connectivity index (χ1) is 16.1. The first-order valence-corrected chi connectivity index (χ1v) is 13.0. The number of sulfonamides is 1. The van der Waals surface area contributed by atoms with Crippen molar-refractivity contribution >= 4 is 61.5 Å². The van der Waals surface area contributed by atoms with E-state index in [4.69, 9.17) is 0 Å². The number of carbonyl (C=O) groups excluding carboxylic acids is 3. The molecule has 0 saturated carbocycles. The molecule has 34 heavy (non-hydrogen) atoms. The second kappa shape index (κ2) is 10.9. The normalized spacial score (nSPS) is 11.3. The van der Waals surface area contributed by atoms with Crippen LogP contribution in [0.4, 0.5) is 10.8 Å². The number of thioether (sulfide) groups is 1. The summed E-state index contributed by atoms with van der Waals surface area (Å²) < 4.78 is 25.8. The lowest BCUT2D eigenvalue weighted by Gasteiger charge is -2.11. The van der Waals surface area contributed by atoms with Crippen LogP contribution in [0.2, 0.25) is 0 Å². The van der Waals surface area contributed by atoms with Crippen LogP contribution >= 0.6 is 23.1 Å². The molecule has 0 fully saturated rings. The summed E-state index contributed by atoms with van der Waals surface area (Å²) in [5.41, 5.74) is 1.40. The fourth-order valence-corrected chi connectivity index (χ4v) is 5.04. The summed E-state index contributed by atoms with van der Waals surface area (Å²) in [7, 11) is -0.725. The molecule has 0 atom stereocenters. The molecule has 2 aromatic carbocycles. The van der Waals surface area contributed by atoms with E-state index in [1.165, 1.54) is 45.3 Å². The zero-order valence-electron chi connectivity index (χ0n) is 18.4. The number of carbonyl (C=O) groups is 3. The third kappa shape index (κ3) is 6.47. The SMILES string of the molecule is CC(=O)c1ccc(NC(=O)CSc2nnc(NC(=O)c3ccc(S(=O)(=O)N(C)C)cc3)s2)cc1. The van der Waals surface area contributed by atoms with Crippen molar-refractivity contribution in [2.75, 3.05) is 30.5 Å². The molecule has 0 aliphatic carbocycles. The monoisotopic (exact) mass is 519 g/mol. The molecule has 0 spiro atoms. The summed E-state index contributed by atoms with van der Waals surface area (Å²) in [5, 5.41) is 13.4. The number of Topliss-reactive ketones (excluding diaryl/α,β-unsaturated/α-hetero) is 1. The average molecular weight is 520 g/mol.